The fourth-order valence-electron chi connectivity index (χ4n) is 6.57. The van der Waals surface area contributed by atoms with Crippen LogP contribution in [0.3, 0.4) is 0 Å². The third-order valence-electron chi connectivity index (χ3n) is 9.17. The van der Waals surface area contributed by atoms with E-state index >= 15 is 0 Å². The number of hydrogen-bond acceptors (Lipinski definition) is 7. The van der Waals surface area contributed by atoms with Crippen LogP contribution in [0.5, 0.6) is 0 Å². The van der Waals surface area contributed by atoms with E-state index in [9.17, 15) is 0 Å². The second kappa shape index (κ2) is 13.3. The van der Waals surface area contributed by atoms with Crippen LogP contribution in [0.1, 0.15) is 44.6 Å². The topological polar surface area (TPSA) is 68.8 Å². The molecule has 2 aromatic carbocycles. The van der Waals surface area contributed by atoms with Crippen molar-refractivity contribution in [3.05, 3.63) is 72.3 Å². The number of piperidine rings is 1. The van der Waals surface area contributed by atoms with Crippen LogP contribution in [0.25, 0.3) is 0 Å². The predicted molar refractivity (Wildman–Crippen MR) is 176 cm³/mol. The van der Waals surface area contributed by atoms with E-state index in [-0.39, 0.29) is 5.41 Å². The summed E-state index contributed by atoms with van der Waals surface area (Å²) in [5, 5.41) is 7.44. The van der Waals surface area contributed by atoms with Crippen LogP contribution in [0.4, 0.5) is 23.3 Å². The largest absolute Gasteiger partial charge is 0.381 e. The zero-order valence-corrected chi connectivity index (χ0v) is 25.5. The van der Waals surface area contributed by atoms with Crippen LogP contribution in [0, 0.1) is 0 Å². The molecule has 1 atom stereocenters. The second-order valence-electron chi connectivity index (χ2n) is 11.8. The summed E-state index contributed by atoms with van der Waals surface area (Å²) in [6, 6.07) is 24.0. The molecule has 3 aliphatic heterocycles. The Morgan fingerprint density at radius 1 is 0.881 bits per heavy atom. The minimum Gasteiger partial charge on any atom is -0.381 e. The minimum atomic E-state index is -0.0131. The number of anilines is 4. The Morgan fingerprint density at radius 2 is 1.55 bits per heavy atom. The van der Waals surface area contributed by atoms with E-state index in [4.69, 9.17) is 26.9 Å². The maximum absolute atomic E-state index is 5.83. The lowest BCUT2D eigenvalue weighted by Crippen LogP contribution is -2.47. The highest BCUT2D eigenvalue weighted by molar-refractivity contribution is 7.80. The van der Waals surface area contributed by atoms with Gasteiger partial charge in [0.2, 0.25) is 5.95 Å². The van der Waals surface area contributed by atoms with Crippen LogP contribution >= 0.6 is 12.2 Å². The van der Waals surface area contributed by atoms with E-state index in [1.807, 2.05) is 0 Å². The number of hydrogen-bond donors (Lipinski definition) is 2. The van der Waals surface area contributed by atoms with Crippen LogP contribution < -0.4 is 25.3 Å². The summed E-state index contributed by atoms with van der Waals surface area (Å²) < 4.78 is 5.72. The van der Waals surface area contributed by atoms with Gasteiger partial charge in [0.15, 0.2) is 5.11 Å². The number of thiocarbonyl (C=S) groups is 1. The molecule has 0 aliphatic carbocycles. The fourth-order valence-corrected chi connectivity index (χ4v) is 6.74. The Bertz CT molecular complexity index is 1310. The Labute approximate surface area is 255 Å². The SMILES string of the molecule is C[C@@H]1CCCCN1c1cc(N2CCN(c3ccccc3)CC2)nc(NC(=S)NCC2(c3ccccc3)CCOCC2)n1. The van der Waals surface area contributed by atoms with Crippen LogP contribution in [-0.4, -0.2) is 73.6 Å². The molecule has 3 aliphatic rings. The van der Waals surface area contributed by atoms with Crippen molar-refractivity contribution in [2.45, 2.75) is 50.5 Å². The molecule has 0 spiro atoms. The fraction of sp³-hybridized carbons (Fsp3) is 0.485. The van der Waals surface area contributed by atoms with Gasteiger partial charge >= 0.3 is 0 Å². The van der Waals surface area contributed by atoms with Crippen molar-refractivity contribution in [3.63, 3.8) is 0 Å². The quantitative estimate of drug-likeness (QED) is 0.364. The lowest BCUT2D eigenvalue weighted by atomic mass is 9.74. The van der Waals surface area contributed by atoms with Crippen LogP contribution in [0.2, 0.25) is 0 Å². The first-order valence-corrected chi connectivity index (χ1v) is 15.9. The number of benzene rings is 2. The van der Waals surface area contributed by atoms with E-state index in [1.165, 1.54) is 30.5 Å². The predicted octanol–water partition coefficient (Wildman–Crippen LogP) is 5.22. The summed E-state index contributed by atoms with van der Waals surface area (Å²) in [6.07, 6.45) is 5.57. The molecule has 0 amide bonds. The van der Waals surface area contributed by atoms with E-state index in [1.54, 1.807) is 0 Å². The van der Waals surface area contributed by atoms with Gasteiger partial charge in [-0.1, -0.05) is 48.5 Å². The van der Waals surface area contributed by atoms with Gasteiger partial charge in [-0.3, -0.25) is 0 Å². The van der Waals surface area contributed by atoms with Crippen molar-refractivity contribution in [2.24, 2.45) is 0 Å². The van der Waals surface area contributed by atoms with Gasteiger partial charge in [-0.2, -0.15) is 9.97 Å². The monoisotopic (exact) mass is 585 g/mol. The van der Waals surface area contributed by atoms with Gasteiger partial charge in [0.1, 0.15) is 11.6 Å². The number of rotatable bonds is 7. The third-order valence-corrected chi connectivity index (χ3v) is 9.42. The highest BCUT2D eigenvalue weighted by atomic mass is 32.1. The van der Waals surface area contributed by atoms with Gasteiger partial charge in [0, 0.05) is 75.7 Å². The third kappa shape index (κ3) is 6.63. The number of ether oxygens (including phenoxy) is 1. The first-order chi connectivity index (χ1) is 20.6. The summed E-state index contributed by atoms with van der Waals surface area (Å²) in [5.41, 5.74) is 2.60. The summed E-state index contributed by atoms with van der Waals surface area (Å²) in [6.45, 7) is 9.31. The molecule has 0 radical (unpaired) electrons. The Morgan fingerprint density at radius 3 is 2.26 bits per heavy atom. The lowest BCUT2D eigenvalue weighted by Gasteiger charge is -2.38. The first kappa shape index (κ1) is 28.7. The Balaban J connectivity index is 1.18. The number of nitrogens with one attached hydrogen (secondary N) is 2. The van der Waals surface area contributed by atoms with Gasteiger partial charge in [0.05, 0.1) is 0 Å². The highest BCUT2D eigenvalue weighted by Crippen LogP contribution is 2.34. The van der Waals surface area contributed by atoms with Gasteiger partial charge < -0.3 is 30.1 Å². The molecule has 3 aromatic rings. The van der Waals surface area contributed by atoms with Crippen molar-refractivity contribution in [2.75, 3.05) is 72.5 Å². The number of piperazine rings is 1. The molecular formula is C33H43N7OS. The van der Waals surface area contributed by atoms with Crippen molar-refractivity contribution >= 4 is 40.6 Å². The molecule has 4 heterocycles. The first-order valence-electron chi connectivity index (χ1n) is 15.5. The van der Waals surface area contributed by atoms with E-state index in [0.29, 0.717) is 17.1 Å². The van der Waals surface area contributed by atoms with E-state index < -0.39 is 0 Å². The average Bonchev–Trinajstić information content (AvgIpc) is 3.05. The van der Waals surface area contributed by atoms with Gasteiger partial charge in [-0.15, -0.1) is 0 Å². The minimum absolute atomic E-state index is 0.0131. The van der Waals surface area contributed by atoms with Crippen molar-refractivity contribution in [3.8, 4) is 0 Å². The normalized spacial score (nSPS) is 20.7. The lowest BCUT2D eigenvalue weighted by molar-refractivity contribution is 0.0515. The highest BCUT2D eigenvalue weighted by Gasteiger charge is 2.34. The Kier molecular flexibility index (Phi) is 9.05. The average molecular weight is 586 g/mol. The maximum Gasteiger partial charge on any atom is 0.232 e. The van der Waals surface area contributed by atoms with Crippen LogP contribution in [0.15, 0.2) is 66.7 Å². The van der Waals surface area contributed by atoms with E-state index in [0.717, 1.165) is 77.0 Å². The molecule has 8 nitrogen and oxygen atoms in total. The zero-order chi connectivity index (χ0) is 28.8. The molecule has 2 N–H and O–H groups in total. The molecule has 3 saturated heterocycles. The van der Waals surface area contributed by atoms with Crippen molar-refractivity contribution in [1.82, 2.24) is 15.3 Å². The molecule has 222 valence electrons. The standard InChI is InChI=1S/C33H43N7OS/c1-26-10-8-9-17-40(26)30-24-29(39-20-18-38(19-21-39)28-13-6-3-7-14-28)35-31(36-30)37-32(42)34-25-33(15-22-41-23-16-33)27-11-4-2-5-12-27/h2-7,11-14,24,26H,8-10,15-23,25H2,1H3,(H2,34,35,36,37,42)/t26-/m1/s1. The van der Waals surface area contributed by atoms with Crippen molar-refractivity contribution in [1.29, 1.82) is 0 Å². The van der Waals surface area contributed by atoms with Gasteiger partial charge in [0.25, 0.3) is 0 Å². The molecule has 3 fully saturated rings. The maximum atomic E-state index is 5.83. The number of para-hydroxylation sites is 1. The summed E-state index contributed by atoms with van der Waals surface area (Å²) in [7, 11) is 0. The molecule has 1 aromatic heterocycles. The molecule has 9 heteroatoms. The molecule has 0 saturated carbocycles. The second-order valence-corrected chi connectivity index (χ2v) is 12.2. The molecule has 42 heavy (non-hydrogen) atoms. The Hall–Kier alpha value is -3.43. The number of aromatic nitrogens is 2. The molecule has 6 rings (SSSR count). The summed E-state index contributed by atoms with van der Waals surface area (Å²) in [5.74, 6) is 2.50. The van der Waals surface area contributed by atoms with E-state index in [2.05, 4.69) is 99.0 Å². The van der Waals surface area contributed by atoms with Crippen molar-refractivity contribution < 1.29 is 4.74 Å². The molecule has 0 unspecified atom stereocenters. The number of nitrogens with zero attached hydrogens (tertiary/aromatic N) is 5. The summed E-state index contributed by atoms with van der Waals surface area (Å²) >= 11 is 5.83. The van der Waals surface area contributed by atoms with Crippen LogP contribution in [-0.2, 0) is 10.2 Å². The van der Waals surface area contributed by atoms with Gasteiger partial charge in [-0.25, -0.2) is 0 Å². The van der Waals surface area contributed by atoms with Gasteiger partial charge in [-0.05, 0) is 68.9 Å². The molecule has 0 bridgehead atoms. The smallest absolute Gasteiger partial charge is 0.232 e. The summed E-state index contributed by atoms with van der Waals surface area (Å²) in [4.78, 5) is 17.3. The zero-order valence-electron chi connectivity index (χ0n) is 24.7. The molecular weight excluding hydrogens is 542 g/mol.